The number of phenolic OH excluding ortho intramolecular Hbond substituents is 1. The van der Waals surface area contributed by atoms with Gasteiger partial charge in [-0.15, -0.1) is 0 Å². The summed E-state index contributed by atoms with van der Waals surface area (Å²) in [5.41, 5.74) is 1.37. The Balaban J connectivity index is 3.22. The number of phenols is 1. The second kappa shape index (κ2) is 3.96. The van der Waals surface area contributed by atoms with Crippen LogP contribution in [0.5, 0.6) is 5.75 Å². The monoisotopic (exact) mass is 192 g/mol. The summed E-state index contributed by atoms with van der Waals surface area (Å²) in [5, 5.41) is 18.3. The maximum absolute atomic E-state index is 10.8. The number of carboxylic acid groups (broad SMARTS) is 1. The first-order chi connectivity index (χ1) is 6.52. The minimum Gasteiger partial charge on any atom is -0.508 e. The molecule has 1 aromatic rings. The predicted molar refractivity (Wildman–Crippen MR) is 53.6 cm³/mol. The van der Waals surface area contributed by atoms with Crippen LogP contribution in [0.15, 0.2) is 30.4 Å². The molecule has 0 saturated carbocycles. The minimum atomic E-state index is -1.03. The first-order valence-electron chi connectivity index (χ1n) is 4.21. The second-order valence-electron chi connectivity index (χ2n) is 3.24. The predicted octanol–water partition coefficient (Wildman–Crippen LogP) is 2.21. The third-order valence-corrected chi connectivity index (χ3v) is 1.86. The van der Waals surface area contributed by atoms with Crippen molar-refractivity contribution in [1.82, 2.24) is 0 Å². The number of benzene rings is 1. The summed E-state index contributed by atoms with van der Waals surface area (Å²) in [6, 6.07) is 4.46. The first-order valence-corrected chi connectivity index (χ1v) is 4.21. The number of hydrogen-bond donors (Lipinski definition) is 2. The Morgan fingerprint density at radius 2 is 2.14 bits per heavy atom. The topological polar surface area (TPSA) is 57.5 Å². The third-order valence-electron chi connectivity index (χ3n) is 1.86. The summed E-state index contributed by atoms with van der Waals surface area (Å²) in [6.45, 7) is 5.48. The van der Waals surface area contributed by atoms with Crippen molar-refractivity contribution in [1.29, 1.82) is 0 Å². The molecule has 1 aromatic carbocycles. The highest BCUT2D eigenvalue weighted by Crippen LogP contribution is 2.23. The molecule has 0 unspecified atom stereocenters. The molecular formula is C11H12O3. The van der Waals surface area contributed by atoms with E-state index in [-0.39, 0.29) is 11.3 Å². The van der Waals surface area contributed by atoms with Gasteiger partial charge in [-0.3, -0.25) is 0 Å². The van der Waals surface area contributed by atoms with Gasteiger partial charge in [0, 0.05) is 5.56 Å². The van der Waals surface area contributed by atoms with Crippen LogP contribution in [0, 0.1) is 0 Å². The number of hydrogen-bond acceptors (Lipinski definition) is 2. The van der Waals surface area contributed by atoms with Gasteiger partial charge in [0.05, 0.1) is 5.56 Å². The zero-order valence-electron chi connectivity index (χ0n) is 7.95. The van der Waals surface area contributed by atoms with E-state index in [1.807, 2.05) is 0 Å². The smallest absolute Gasteiger partial charge is 0.336 e. The third kappa shape index (κ3) is 2.13. The average molecular weight is 192 g/mol. The molecule has 0 heterocycles. The fourth-order valence-electron chi connectivity index (χ4n) is 1.26. The van der Waals surface area contributed by atoms with Crippen LogP contribution >= 0.6 is 0 Å². The summed E-state index contributed by atoms with van der Waals surface area (Å²) in [7, 11) is 0. The first kappa shape index (κ1) is 10.3. The highest BCUT2D eigenvalue weighted by Gasteiger charge is 2.12. The van der Waals surface area contributed by atoms with Crippen LogP contribution in [0.1, 0.15) is 22.8 Å². The van der Waals surface area contributed by atoms with Crippen LogP contribution in [-0.2, 0) is 6.42 Å². The van der Waals surface area contributed by atoms with Gasteiger partial charge < -0.3 is 10.2 Å². The van der Waals surface area contributed by atoms with E-state index in [1.165, 1.54) is 18.2 Å². The second-order valence-corrected chi connectivity index (χ2v) is 3.24. The van der Waals surface area contributed by atoms with Crippen LogP contribution in [0.4, 0.5) is 0 Å². The molecule has 0 fully saturated rings. The summed E-state index contributed by atoms with van der Waals surface area (Å²) >= 11 is 0. The molecule has 0 aliphatic carbocycles. The van der Waals surface area contributed by atoms with Crippen molar-refractivity contribution in [2.24, 2.45) is 0 Å². The number of rotatable bonds is 3. The van der Waals surface area contributed by atoms with E-state index in [0.717, 1.165) is 5.57 Å². The molecule has 3 nitrogen and oxygen atoms in total. The van der Waals surface area contributed by atoms with Gasteiger partial charge in [0.15, 0.2) is 0 Å². The minimum absolute atomic E-state index is 0.00731. The quantitative estimate of drug-likeness (QED) is 0.722. The van der Waals surface area contributed by atoms with Crippen molar-refractivity contribution in [3.05, 3.63) is 41.5 Å². The molecule has 0 aliphatic rings. The molecule has 3 heteroatoms. The molecule has 0 spiro atoms. The van der Waals surface area contributed by atoms with E-state index < -0.39 is 5.97 Å². The highest BCUT2D eigenvalue weighted by molar-refractivity contribution is 5.90. The maximum Gasteiger partial charge on any atom is 0.336 e. The lowest BCUT2D eigenvalue weighted by Crippen LogP contribution is -2.02. The molecule has 0 radical (unpaired) electrons. The molecule has 0 aromatic heterocycles. The highest BCUT2D eigenvalue weighted by atomic mass is 16.4. The number of carboxylic acids is 1. The van der Waals surface area contributed by atoms with Crippen LogP contribution in [-0.4, -0.2) is 16.2 Å². The molecule has 2 N–H and O–H groups in total. The van der Waals surface area contributed by atoms with E-state index in [1.54, 1.807) is 6.92 Å². The van der Waals surface area contributed by atoms with Crippen molar-refractivity contribution in [3.8, 4) is 5.75 Å². The maximum atomic E-state index is 10.8. The summed E-state index contributed by atoms with van der Waals surface area (Å²) < 4.78 is 0. The fraction of sp³-hybridized carbons (Fsp3) is 0.182. The Morgan fingerprint density at radius 1 is 1.50 bits per heavy atom. The Morgan fingerprint density at radius 3 is 2.64 bits per heavy atom. The van der Waals surface area contributed by atoms with Gasteiger partial charge in [-0.2, -0.15) is 0 Å². The summed E-state index contributed by atoms with van der Waals surface area (Å²) in [6.07, 6.45) is 0.383. The van der Waals surface area contributed by atoms with Crippen molar-refractivity contribution >= 4 is 5.97 Å². The van der Waals surface area contributed by atoms with E-state index >= 15 is 0 Å². The molecule has 0 bridgehead atoms. The van der Waals surface area contributed by atoms with Crippen molar-refractivity contribution in [2.45, 2.75) is 13.3 Å². The number of aromatic carboxylic acids is 1. The summed E-state index contributed by atoms with van der Waals surface area (Å²) in [4.78, 5) is 10.8. The van der Waals surface area contributed by atoms with Crippen molar-refractivity contribution < 1.29 is 15.0 Å². The van der Waals surface area contributed by atoms with E-state index in [0.29, 0.717) is 12.0 Å². The summed E-state index contributed by atoms with van der Waals surface area (Å²) in [5.74, 6) is -1.02. The van der Waals surface area contributed by atoms with Gasteiger partial charge in [-0.25, -0.2) is 4.79 Å². The van der Waals surface area contributed by atoms with E-state index in [2.05, 4.69) is 6.58 Å². The van der Waals surface area contributed by atoms with Gasteiger partial charge in [-0.1, -0.05) is 18.2 Å². The van der Waals surface area contributed by atoms with E-state index in [9.17, 15) is 9.90 Å². The number of carbonyl (C=O) groups is 1. The van der Waals surface area contributed by atoms with E-state index in [4.69, 9.17) is 5.11 Å². The SMILES string of the molecule is C=C(C)Cc1c(O)cccc1C(=O)O. The Hall–Kier alpha value is -1.77. The van der Waals surface area contributed by atoms with Crippen LogP contribution in [0.3, 0.4) is 0 Å². The molecule has 0 aliphatic heterocycles. The fourth-order valence-corrected chi connectivity index (χ4v) is 1.26. The molecule has 74 valence electrons. The normalized spacial score (nSPS) is 9.79. The zero-order valence-corrected chi connectivity index (χ0v) is 7.95. The largest absolute Gasteiger partial charge is 0.508 e. The lowest BCUT2D eigenvalue weighted by atomic mass is 10.0. The van der Waals surface area contributed by atoms with Gasteiger partial charge in [0.1, 0.15) is 5.75 Å². The molecule has 0 atom stereocenters. The van der Waals surface area contributed by atoms with Crippen molar-refractivity contribution in [2.75, 3.05) is 0 Å². The Bertz CT molecular complexity index is 380. The van der Waals surface area contributed by atoms with Gasteiger partial charge in [0.2, 0.25) is 0 Å². The van der Waals surface area contributed by atoms with Crippen LogP contribution < -0.4 is 0 Å². The lowest BCUT2D eigenvalue weighted by molar-refractivity contribution is 0.0695. The zero-order chi connectivity index (χ0) is 10.7. The van der Waals surface area contributed by atoms with Crippen LogP contribution in [0.2, 0.25) is 0 Å². The molecule has 14 heavy (non-hydrogen) atoms. The molecule has 1 rings (SSSR count). The number of aromatic hydroxyl groups is 1. The average Bonchev–Trinajstić information content (AvgIpc) is 2.07. The molecular weight excluding hydrogens is 180 g/mol. The van der Waals surface area contributed by atoms with Crippen molar-refractivity contribution in [3.63, 3.8) is 0 Å². The Labute approximate surface area is 82.3 Å². The molecule has 0 amide bonds. The molecule has 0 saturated heterocycles. The van der Waals surface area contributed by atoms with Gasteiger partial charge >= 0.3 is 5.97 Å². The Kier molecular flexibility index (Phi) is 2.92. The lowest BCUT2D eigenvalue weighted by Gasteiger charge is -2.07. The number of allylic oxidation sites excluding steroid dienone is 1. The van der Waals surface area contributed by atoms with Crippen LogP contribution in [0.25, 0.3) is 0 Å². The standard InChI is InChI=1S/C11H12O3/c1-7(2)6-9-8(11(13)14)4-3-5-10(9)12/h3-5,12H,1,6H2,2H3,(H,13,14). The van der Waals surface area contributed by atoms with Gasteiger partial charge in [-0.05, 0) is 25.5 Å². The van der Waals surface area contributed by atoms with Gasteiger partial charge in [0.25, 0.3) is 0 Å².